The van der Waals surface area contributed by atoms with Crippen LogP contribution in [0, 0.1) is 11.3 Å². The fourth-order valence-corrected chi connectivity index (χ4v) is 2.95. The first-order valence-electron chi connectivity index (χ1n) is 8.88. The van der Waals surface area contributed by atoms with Crippen molar-refractivity contribution in [1.29, 1.82) is 5.26 Å². The summed E-state index contributed by atoms with van der Waals surface area (Å²) in [6.45, 7) is 5.34. The first-order valence-corrected chi connectivity index (χ1v) is 8.88. The minimum atomic E-state index is 0.551. The average molecular weight is 346 g/mol. The van der Waals surface area contributed by atoms with Gasteiger partial charge in [-0.1, -0.05) is 32.0 Å². The van der Waals surface area contributed by atoms with Gasteiger partial charge in [-0.15, -0.1) is 5.10 Å². The second-order valence-corrected chi connectivity index (χ2v) is 5.91. The number of aryl methyl sites for hydroxylation is 1. The van der Waals surface area contributed by atoms with Crippen molar-refractivity contribution in [3.05, 3.63) is 53.2 Å². The van der Waals surface area contributed by atoms with E-state index in [4.69, 9.17) is 0 Å². The molecule has 0 radical (unpaired) electrons. The smallest absolute Gasteiger partial charge is 0.167 e. The highest BCUT2D eigenvalue weighted by Gasteiger charge is 2.13. The number of rotatable bonds is 7. The molecule has 0 atom stereocenters. The van der Waals surface area contributed by atoms with Crippen LogP contribution in [0.1, 0.15) is 30.7 Å². The number of hydrogen-bond acceptors (Lipinski definition) is 6. The summed E-state index contributed by atoms with van der Waals surface area (Å²) in [7, 11) is 0. The standard InChI is InChI=1S/C20H22N6/c1-3-15-16(13-21)20(26-25-17(15)4-2)23-12-11-22-19-10-9-14-7-5-6-8-18(14)24-19/h5-10H,3-4,11-12H2,1-2H3,(H,22,24)(H,23,26). The fraction of sp³-hybridized carbons (Fsp3) is 0.300. The Hall–Kier alpha value is -3.20. The molecule has 6 nitrogen and oxygen atoms in total. The molecule has 0 saturated heterocycles. The van der Waals surface area contributed by atoms with Crippen LogP contribution in [0.3, 0.4) is 0 Å². The summed E-state index contributed by atoms with van der Waals surface area (Å²) in [5.41, 5.74) is 3.44. The zero-order chi connectivity index (χ0) is 18.4. The first kappa shape index (κ1) is 17.6. The maximum atomic E-state index is 9.50. The average Bonchev–Trinajstić information content (AvgIpc) is 2.70. The Balaban J connectivity index is 1.63. The van der Waals surface area contributed by atoms with Gasteiger partial charge in [0.1, 0.15) is 17.5 Å². The summed E-state index contributed by atoms with van der Waals surface area (Å²) < 4.78 is 0. The second kappa shape index (κ2) is 8.26. The van der Waals surface area contributed by atoms with E-state index in [2.05, 4.69) is 31.9 Å². The molecule has 0 bridgehead atoms. The number of nitrogens with zero attached hydrogens (tertiary/aromatic N) is 4. The van der Waals surface area contributed by atoms with Crippen LogP contribution in [-0.4, -0.2) is 28.3 Å². The van der Waals surface area contributed by atoms with Crippen molar-refractivity contribution in [3.63, 3.8) is 0 Å². The molecule has 132 valence electrons. The highest BCUT2D eigenvalue weighted by Crippen LogP contribution is 2.19. The Kier molecular flexibility index (Phi) is 5.59. The van der Waals surface area contributed by atoms with Crippen molar-refractivity contribution in [2.45, 2.75) is 26.7 Å². The minimum absolute atomic E-state index is 0.551. The largest absolute Gasteiger partial charge is 0.368 e. The number of pyridine rings is 1. The molecule has 0 aliphatic carbocycles. The van der Waals surface area contributed by atoms with Crippen LogP contribution in [0.15, 0.2) is 36.4 Å². The maximum absolute atomic E-state index is 9.50. The predicted octanol–water partition coefficient (Wildman–Crippen LogP) is 3.55. The molecule has 1 aromatic carbocycles. The highest BCUT2D eigenvalue weighted by molar-refractivity contribution is 5.80. The monoisotopic (exact) mass is 346 g/mol. The van der Waals surface area contributed by atoms with Crippen molar-refractivity contribution in [1.82, 2.24) is 15.2 Å². The SMILES string of the molecule is CCc1nnc(NCCNc2ccc3ccccc3n2)c(C#N)c1CC. The Labute approximate surface area is 153 Å². The fourth-order valence-electron chi connectivity index (χ4n) is 2.95. The number of nitriles is 1. The number of hydrogen-bond donors (Lipinski definition) is 2. The van der Waals surface area contributed by atoms with Crippen LogP contribution in [0.5, 0.6) is 0 Å². The molecule has 3 rings (SSSR count). The molecular weight excluding hydrogens is 324 g/mol. The van der Waals surface area contributed by atoms with Crippen LogP contribution >= 0.6 is 0 Å². The predicted molar refractivity (Wildman–Crippen MR) is 104 cm³/mol. The van der Waals surface area contributed by atoms with Gasteiger partial charge in [-0.3, -0.25) is 0 Å². The van der Waals surface area contributed by atoms with Gasteiger partial charge in [0.15, 0.2) is 5.82 Å². The van der Waals surface area contributed by atoms with Gasteiger partial charge >= 0.3 is 0 Å². The third-order valence-corrected chi connectivity index (χ3v) is 4.28. The molecule has 0 amide bonds. The number of nitrogens with one attached hydrogen (secondary N) is 2. The lowest BCUT2D eigenvalue weighted by molar-refractivity contribution is 0.869. The molecule has 0 aliphatic rings. The Bertz CT molecular complexity index is 945. The molecule has 3 aromatic rings. The van der Waals surface area contributed by atoms with E-state index in [1.165, 1.54) is 0 Å². The van der Waals surface area contributed by atoms with E-state index in [1.54, 1.807) is 0 Å². The molecular formula is C20H22N6. The number of fused-ring (bicyclic) bond motifs is 1. The summed E-state index contributed by atoms with van der Waals surface area (Å²) >= 11 is 0. The lowest BCUT2D eigenvalue weighted by atomic mass is 10.0. The summed E-state index contributed by atoms with van der Waals surface area (Å²) in [6, 6.07) is 14.3. The van der Waals surface area contributed by atoms with Gasteiger partial charge in [-0.25, -0.2) is 4.98 Å². The highest BCUT2D eigenvalue weighted by atomic mass is 15.2. The molecule has 0 fully saturated rings. The maximum Gasteiger partial charge on any atom is 0.167 e. The normalized spacial score (nSPS) is 10.5. The third-order valence-electron chi connectivity index (χ3n) is 4.28. The quantitative estimate of drug-likeness (QED) is 0.636. The molecule has 26 heavy (non-hydrogen) atoms. The molecule has 2 aromatic heterocycles. The van der Waals surface area contributed by atoms with Gasteiger partial charge < -0.3 is 10.6 Å². The van der Waals surface area contributed by atoms with Crippen molar-refractivity contribution < 1.29 is 0 Å². The van der Waals surface area contributed by atoms with Gasteiger partial charge in [0.05, 0.1) is 11.2 Å². The second-order valence-electron chi connectivity index (χ2n) is 5.91. The van der Waals surface area contributed by atoms with Crippen LogP contribution < -0.4 is 10.6 Å². The molecule has 6 heteroatoms. The van der Waals surface area contributed by atoms with E-state index in [-0.39, 0.29) is 0 Å². The Morgan fingerprint density at radius 1 is 0.962 bits per heavy atom. The van der Waals surface area contributed by atoms with Gasteiger partial charge in [0.2, 0.25) is 0 Å². The molecule has 0 spiro atoms. The lowest BCUT2D eigenvalue weighted by Gasteiger charge is -2.12. The lowest BCUT2D eigenvalue weighted by Crippen LogP contribution is -2.17. The zero-order valence-electron chi connectivity index (χ0n) is 15.1. The van der Waals surface area contributed by atoms with E-state index >= 15 is 0 Å². The number of anilines is 2. The number of para-hydroxylation sites is 1. The molecule has 2 heterocycles. The van der Waals surface area contributed by atoms with Gasteiger partial charge in [0.25, 0.3) is 0 Å². The van der Waals surface area contributed by atoms with E-state index < -0.39 is 0 Å². The van der Waals surface area contributed by atoms with Crippen LogP contribution in [-0.2, 0) is 12.8 Å². The van der Waals surface area contributed by atoms with Crippen LogP contribution in [0.2, 0.25) is 0 Å². The Morgan fingerprint density at radius 2 is 1.77 bits per heavy atom. The molecule has 0 aliphatic heterocycles. The summed E-state index contributed by atoms with van der Waals surface area (Å²) in [6.07, 6.45) is 1.55. The zero-order valence-corrected chi connectivity index (χ0v) is 15.1. The van der Waals surface area contributed by atoms with E-state index in [0.717, 1.165) is 40.8 Å². The summed E-state index contributed by atoms with van der Waals surface area (Å²) in [4.78, 5) is 4.58. The topological polar surface area (TPSA) is 86.5 Å². The molecule has 2 N–H and O–H groups in total. The summed E-state index contributed by atoms with van der Waals surface area (Å²) in [5.74, 6) is 1.38. The van der Waals surface area contributed by atoms with E-state index in [9.17, 15) is 5.26 Å². The van der Waals surface area contributed by atoms with Crippen molar-refractivity contribution >= 4 is 22.5 Å². The van der Waals surface area contributed by atoms with Crippen LogP contribution in [0.4, 0.5) is 11.6 Å². The molecule has 0 saturated carbocycles. The number of aromatic nitrogens is 3. The van der Waals surface area contributed by atoms with E-state index in [0.29, 0.717) is 24.5 Å². The van der Waals surface area contributed by atoms with E-state index in [1.807, 2.05) is 50.2 Å². The van der Waals surface area contributed by atoms with Crippen molar-refractivity contribution in [3.8, 4) is 6.07 Å². The summed E-state index contributed by atoms with van der Waals surface area (Å²) in [5, 5.41) is 25.6. The number of benzene rings is 1. The molecule has 0 unspecified atom stereocenters. The van der Waals surface area contributed by atoms with Crippen LogP contribution in [0.25, 0.3) is 10.9 Å². The third kappa shape index (κ3) is 3.72. The minimum Gasteiger partial charge on any atom is -0.368 e. The van der Waals surface area contributed by atoms with Gasteiger partial charge in [-0.05, 0) is 36.6 Å². The first-order chi connectivity index (χ1) is 12.8. The Morgan fingerprint density at radius 3 is 2.54 bits per heavy atom. The van der Waals surface area contributed by atoms with Gasteiger partial charge in [0, 0.05) is 18.5 Å². The van der Waals surface area contributed by atoms with Gasteiger partial charge in [-0.2, -0.15) is 10.4 Å². The van der Waals surface area contributed by atoms with Crippen molar-refractivity contribution in [2.75, 3.05) is 23.7 Å². The van der Waals surface area contributed by atoms with Crippen molar-refractivity contribution in [2.24, 2.45) is 0 Å².